The molecule has 3 heterocycles. The van der Waals surface area contributed by atoms with E-state index in [0.717, 1.165) is 23.3 Å². The lowest BCUT2D eigenvalue weighted by Crippen LogP contribution is -2.43. The van der Waals surface area contributed by atoms with Crippen molar-refractivity contribution in [1.82, 2.24) is 10.4 Å². The van der Waals surface area contributed by atoms with Gasteiger partial charge in [-0.3, -0.25) is 9.59 Å². The highest BCUT2D eigenvalue weighted by Gasteiger charge is 2.50. The molecule has 43 heavy (non-hydrogen) atoms. The van der Waals surface area contributed by atoms with Crippen LogP contribution in [0.3, 0.4) is 0 Å². The van der Waals surface area contributed by atoms with Crippen LogP contribution in [0.5, 0.6) is 5.75 Å². The highest BCUT2D eigenvalue weighted by atomic mass is 35.5. The highest BCUT2D eigenvalue weighted by molar-refractivity contribution is 7.92. The first-order chi connectivity index (χ1) is 20.7. The molecule has 0 aliphatic carbocycles. The van der Waals surface area contributed by atoms with Gasteiger partial charge in [0, 0.05) is 40.9 Å². The van der Waals surface area contributed by atoms with E-state index in [9.17, 15) is 18.0 Å². The number of sulfone groups is 1. The Morgan fingerprint density at radius 1 is 1.09 bits per heavy atom. The molecule has 2 amide bonds. The van der Waals surface area contributed by atoms with Crippen molar-refractivity contribution < 1.29 is 32.3 Å². The van der Waals surface area contributed by atoms with Crippen molar-refractivity contribution in [3.05, 3.63) is 76.1 Å². The van der Waals surface area contributed by atoms with E-state index >= 15 is 0 Å². The molecule has 0 saturated carbocycles. The first kappa shape index (κ1) is 31.5. The van der Waals surface area contributed by atoms with Crippen molar-refractivity contribution in [1.29, 1.82) is 0 Å². The summed E-state index contributed by atoms with van der Waals surface area (Å²) >= 11 is 7.40. The molecule has 2 saturated heterocycles. The fourth-order valence-corrected chi connectivity index (χ4v) is 9.19. The van der Waals surface area contributed by atoms with Gasteiger partial charge in [0.2, 0.25) is 5.91 Å². The van der Waals surface area contributed by atoms with Gasteiger partial charge in [-0.2, -0.15) is 0 Å². The Morgan fingerprint density at radius 2 is 1.88 bits per heavy atom. The van der Waals surface area contributed by atoms with E-state index < -0.39 is 26.8 Å². The molecule has 0 spiro atoms. The molecule has 2 fully saturated rings. The Balaban J connectivity index is 1.45. The van der Waals surface area contributed by atoms with Crippen LogP contribution >= 0.6 is 22.9 Å². The Morgan fingerprint density at radius 3 is 2.63 bits per heavy atom. The summed E-state index contributed by atoms with van der Waals surface area (Å²) in [4.78, 5) is 35.4. The number of hydroxylamine groups is 1. The maximum absolute atomic E-state index is 14.2. The molecule has 2 atom stereocenters. The number of rotatable bonds is 9. The Bertz CT molecular complexity index is 1540. The third-order valence-electron chi connectivity index (χ3n) is 7.79. The summed E-state index contributed by atoms with van der Waals surface area (Å²) in [6, 6.07) is 17.8. The molecule has 2 aliphatic heterocycles. The zero-order valence-corrected chi connectivity index (χ0v) is 26.3. The van der Waals surface area contributed by atoms with E-state index in [0.29, 0.717) is 40.8 Å². The average Bonchev–Trinajstić information content (AvgIpc) is 3.46. The number of hydrogen-bond acceptors (Lipinski definition) is 8. The lowest BCUT2D eigenvalue weighted by atomic mass is 9.97. The van der Waals surface area contributed by atoms with Crippen molar-refractivity contribution >= 4 is 44.6 Å². The molecule has 2 aliphatic rings. The number of halogens is 1. The standard InChI is InChI=1S/C31H35ClN2O7S2/c1-2-39-25-8-4-3-7-24(25)30(36)34-17-16-31(43(37,38)20-18-34,21-28(35)33-41-29-9-5-6-19-40-29)27-15-14-26(42-27)22-10-12-23(32)13-11-22/h3-4,7-8,10-15,29H,2,5-6,9,16-21H2,1H3,(H,33,35). The molecule has 5 rings (SSSR count). The van der Waals surface area contributed by atoms with E-state index in [1.165, 1.54) is 16.2 Å². The lowest BCUT2D eigenvalue weighted by molar-refractivity contribution is -0.200. The number of thiophene rings is 1. The van der Waals surface area contributed by atoms with Gasteiger partial charge >= 0.3 is 0 Å². The molecule has 12 heteroatoms. The molecule has 1 N–H and O–H groups in total. The summed E-state index contributed by atoms with van der Waals surface area (Å²) in [6.45, 7) is 2.89. The zero-order chi connectivity index (χ0) is 30.5. The summed E-state index contributed by atoms with van der Waals surface area (Å²) in [5.41, 5.74) is 3.70. The average molecular weight is 647 g/mol. The number of para-hydroxylation sites is 1. The van der Waals surface area contributed by atoms with Gasteiger partial charge < -0.3 is 14.4 Å². The van der Waals surface area contributed by atoms with Gasteiger partial charge in [0.1, 0.15) is 10.5 Å². The minimum absolute atomic E-state index is 0.00712. The summed E-state index contributed by atoms with van der Waals surface area (Å²) in [5, 5.41) is 0.595. The second-order valence-electron chi connectivity index (χ2n) is 10.6. The first-order valence-electron chi connectivity index (χ1n) is 14.4. The summed E-state index contributed by atoms with van der Waals surface area (Å²) in [7, 11) is -3.94. The van der Waals surface area contributed by atoms with E-state index in [2.05, 4.69) is 5.48 Å². The number of carbonyl (C=O) groups excluding carboxylic acids is 2. The minimum Gasteiger partial charge on any atom is -0.493 e. The van der Waals surface area contributed by atoms with Crippen LogP contribution in [0.15, 0.2) is 60.7 Å². The van der Waals surface area contributed by atoms with Crippen LogP contribution in [-0.4, -0.2) is 63.5 Å². The molecule has 2 aromatic carbocycles. The molecule has 3 aromatic rings. The fraction of sp³-hybridized carbons (Fsp3) is 0.419. The van der Waals surface area contributed by atoms with Crippen molar-refractivity contribution in [3.8, 4) is 16.2 Å². The molecule has 0 bridgehead atoms. The number of benzene rings is 2. The van der Waals surface area contributed by atoms with Gasteiger partial charge in [0.05, 0.1) is 24.3 Å². The summed E-state index contributed by atoms with van der Waals surface area (Å²) < 4.78 is 38.1. The third kappa shape index (κ3) is 7.07. The number of amides is 2. The predicted molar refractivity (Wildman–Crippen MR) is 166 cm³/mol. The van der Waals surface area contributed by atoms with Gasteiger partial charge in [-0.25, -0.2) is 18.7 Å². The van der Waals surface area contributed by atoms with Crippen LogP contribution in [-0.2, 0) is 29.0 Å². The van der Waals surface area contributed by atoms with Crippen LogP contribution in [0.4, 0.5) is 0 Å². The van der Waals surface area contributed by atoms with Gasteiger partial charge in [-0.1, -0.05) is 35.9 Å². The van der Waals surface area contributed by atoms with Crippen LogP contribution in [0.25, 0.3) is 10.4 Å². The zero-order valence-electron chi connectivity index (χ0n) is 23.9. The number of ether oxygens (including phenoxy) is 2. The van der Waals surface area contributed by atoms with Crippen molar-refractivity contribution in [2.45, 2.75) is 50.1 Å². The largest absolute Gasteiger partial charge is 0.493 e. The smallest absolute Gasteiger partial charge is 0.257 e. The number of nitrogens with one attached hydrogen (secondary N) is 1. The normalized spacial score (nSPS) is 22.0. The van der Waals surface area contributed by atoms with Crippen molar-refractivity contribution in [3.63, 3.8) is 0 Å². The maximum atomic E-state index is 14.2. The van der Waals surface area contributed by atoms with Crippen LogP contribution < -0.4 is 10.2 Å². The third-order valence-corrected chi connectivity index (χ3v) is 12.0. The molecule has 0 radical (unpaired) electrons. The van der Waals surface area contributed by atoms with Gasteiger partial charge in [0.15, 0.2) is 16.1 Å². The molecule has 230 valence electrons. The maximum Gasteiger partial charge on any atom is 0.257 e. The first-order valence-corrected chi connectivity index (χ1v) is 17.2. The second-order valence-corrected chi connectivity index (χ2v) is 14.5. The monoisotopic (exact) mass is 646 g/mol. The van der Waals surface area contributed by atoms with Gasteiger partial charge in [-0.05, 0) is 68.1 Å². The SMILES string of the molecule is CCOc1ccccc1C(=O)N1CCC(CC(=O)NOC2CCCCO2)(c2ccc(-c3ccc(Cl)cc3)s2)S(=O)(=O)CC1. The number of nitrogens with zero attached hydrogens (tertiary/aromatic N) is 1. The Hall–Kier alpha value is -2.96. The van der Waals surface area contributed by atoms with E-state index in [1.54, 1.807) is 42.5 Å². The van der Waals surface area contributed by atoms with Gasteiger partial charge in [0.25, 0.3) is 5.91 Å². The number of hydrogen-bond donors (Lipinski definition) is 1. The van der Waals surface area contributed by atoms with E-state index in [1.807, 2.05) is 25.1 Å². The summed E-state index contributed by atoms with van der Waals surface area (Å²) in [6.07, 6.45) is 1.58. The van der Waals surface area contributed by atoms with Crippen molar-refractivity contribution in [2.24, 2.45) is 0 Å². The quantitative estimate of drug-likeness (QED) is 0.302. The fourth-order valence-electron chi connectivity index (χ4n) is 5.45. The molecule has 9 nitrogen and oxygen atoms in total. The van der Waals surface area contributed by atoms with Crippen LogP contribution in [0.2, 0.25) is 5.02 Å². The van der Waals surface area contributed by atoms with Crippen LogP contribution in [0.1, 0.15) is 54.3 Å². The Kier molecular flexibility index (Phi) is 10.1. The second kappa shape index (κ2) is 13.8. The van der Waals surface area contributed by atoms with Gasteiger partial charge in [-0.15, -0.1) is 11.3 Å². The highest BCUT2D eigenvalue weighted by Crippen LogP contribution is 2.45. The topological polar surface area (TPSA) is 111 Å². The minimum atomic E-state index is -3.94. The van der Waals surface area contributed by atoms with Crippen LogP contribution in [0, 0.1) is 0 Å². The van der Waals surface area contributed by atoms with E-state index in [-0.39, 0.29) is 37.6 Å². The molecular weight excluding hydrogens is 612 g/mol. The molecule has 1 aromatic heterocycles. The molecular formula is C31H35ClN2O7S2. The number of carbonyl (C=O) groups is 2. The Labute approximate surface area is 261 Å². The lowest BCUT2D eigenvalue weighted by Gasteiger charge is -2.31. The molecule has 2 unspecified atom stereocenters. The van der Waals surface area contributed by atoms with E-state index in [4.69, 9.17) is 25.9 Å². The predicted octanol–water partition coefficient (Wildman–Crippen LogP) is 5.59. The van der Waals surface area contributed by atoms with Crippen molar-refractivity contribution in [2.75, 3.05) is 32.1 Å². The summed E-state index contributed by atoms with van der Waals surface area (Å²) in [5.74, 6) is -0.740.